The van der Waals surface area contributed by atoms with Crippen molar-refractivity contribution in [3.63, 3.8) is 0 Å². The van der Waals surface area contributed by atoms with E-state index < -0.39 is 0 Å². The van der Waals surface area contributed by atoms with Gasteiger partial charge in [0.15, 0.2) is 0 Å². The van der Waals surface area contributed by atoms with Gasteiger partial charge < -0.3 is 14.8 Å². The summed E-state index contributed by atoms with van der Waals surface area (Å²) in [6.45, 7) is 8.47. The summed E-state index contributed by atoms with van der Waals surface area (Å²) in [6, 6.07) is 12.6. The first-order valence-corrected chi connectivity index (χ1v) is 8.15. The minimum absolute atomic E-state index is 0.508. The average Bonchev–Trinajstić information content (AvgIpc) is 2.92. The number of ether oxygens (including phenoxy) is 2. The van der Waals surface area contributed by atoms with Gasteiger partial charge in [0.25, 0.3) is 0 Å². The van der Waals surface area contributed by atoms with Crippen LogP contribution in [0.3, 0.4) is 0 Å². The van der Waals surface area contributed by atoms with E-state index in [1.165, 1.54) is 9.75 Å². The summed E-state index contributed by atoms with van der Waals surface area (Å²) in [5.41, 5.74) is 0. The first-order chi connectivity index (χ1) is 10.2. The molecule has 0 aliphatic carbocycles. The highest BCUT2D eigenvalue weighted by atomic mass is 32.1. The lowest BCUT2D eigenvalue weighted by molar-refractivity contribution is 0.302. The summed E-state index contributed by atoms with van der Waals surface area (Å²) in [4.78, 5) is 2.57. The second-order valence-electron chi connectivity index (χ2n) is 5.10. The molecule has 0 saturated carbocycles. The van der Waals surface area contributed by atoms with Crippen molar-refractivity contribution in [2.75, 3.05) is 6.61 Å². The molecule has 0 saturated heterocycles. The predicted molar refractivity (Wildman–Crippen MR) is 88.2 cm³/mol. The van der Waals surface area contributed by atoms with E-state index in [1.807, 2.05) is 31.2 Å². The van der Waals surface area contributed by atoms with Crippen molar-refractivity contribution in [1.82, 2.24) is 5.32 Å². The molecule has 3 nitrogen and oxygen atoms in total. The molecule has 1 heterocycles. The number of benzene rings is 1. The number of hydrogen-bond acceptors (Lipinski definition) is 4. The van der Waals surface area contributed by atoms with E-state index in [-0.39, 0.29) is 0 Å². The zero-order chi connectivity index (χ0) is 15.1. The minimum atomic E-state index is 0.508. The molecular weight excluding hydrogens is 282 g/mol. The van der Waals surface area contributed by atoms with Crippen molar-refractivity contribution in [3.8, 4) is 11.5 Å². The third-order valence-electron chi connectivity index (χ3n) is 2.90. The molecule has 0 bridgehead atoms. The fraction of sp³-hybridized carbons (Fsp3) is 0.412. The first kappa shape index (κ1) is 15.9. The molecule has 0 atom stereocenters. The highest BCUT2D eigenvalue weighted by Crippen LogP contribution is 2.22. The Kier molecular flexibility index (Phi) is 6.08. The van der Waals surface area contributed by atoms with Crippen LogP contribution < -0.4 is 14.8 Å². The van der Waals surface area contributed by atoms with Gasteiger partial charge in [0, 0.05) is 28.4 Å². The van der Waals surface area contributed by atoms with Crippen molar-refractivity contribution < 1.29 is 9.47 Å². The van der Waals surface area contributed by atoms with Gasteiger partial charge in [-0.3, -0.25) is 0 Å². The summed E-state index contributed by atoms with van der Waals surface area (Å²) in [5.74, 6) is 1.69. The number of hydrogen-bond donors (Lipinski definition) is 1. The van der Waals surface area contributed by atoms with Gasteiger partial charge in [0.2, 0.25) is 0 Å². The molecule has 0 aliphatic rings. The number of nitrogens with one attached hydrogen (secondary N) is 1. The van der Waals surface area contributed by atoms with Gasteiger partial charge in [-0.25, -0.2) is 0 Å². The van der Waals surface area contributed by atoms with Crippen molar-refractivity contribution in [3.05, 3.63) is 46.2 Å². The molecule has 0 amide bonds. The van der Waals surface area contributed by atoms with Crippen LogP contribution in [0.15, 0.2) is 36.4 Å². The zero-order valence-electron chi connectivity index (χ0n) is 12.9. The van der Waals surface area contributed by atoms with Crippen molar-refractivity contribution in [2.45, 2.75) is 40.0 Å². The summed E-state index contributed by atoms with van der Waals surface area (Å²) >= 11 is 1.79. The highest BCUT2D eigenvalue weighted by Gasteiger charge is 2.03. The Balaban J connectivity index is 1.86. The van der Waals surface area contributed by atoms with E-state index in [9.17, 15) is 0 Å². The highest BCUT2D eigenvalue weighted by molar-refractivity contribution is 7.11. The number of rotatable bonds is 8. The summed E-state index contributed by atoms with van der Waals surface area (Å²) in [7, 11) is 0. The van der Waals surface area contributed by atoms with Crippen LogP contribution in [0.4, 0.5) is 0 Å². The normalized spacial score (nSPS) is 10.9. The maximum atomic E-state index is 5.83. The lowest BCUT2D eigenvalue weighted by atomic mass is 10.3. The Bertz CT molecular complexity index is 551. The van der Waals surface area contributed by atoms with Crippen molar-refractivity contribution >= 4 is 11.3 Å². The third-order valence-corrected chi connectivity index (χ3v) is 3.96. The lowest BCUT2D eigenvalue weighted by Gasteiger charge is -2.07. The fourth-order valence-corrected chi connectivity index (χ4v) is 2.76. The molecule has 0 radical (unpaired) electrons. The van der Waals surface area contributed by atoms with E-state index in [1.54, 1.807) is 11.3 Å². The SMILES string of the molecule is CCOc1cccc(OCc2ccc(CNC(C)C)s2)c1. The molecule has 0 spiro atoms. The van der Waals surface area contributed by atoms with Gasteiger partial charge in [-0.15, -0.1) is 11.3 Å². The van der Waals surface area contributed by atoms with Crippen LogP contribution in [0.2, 0.25) is 0 Å². The van der Waals surface area contributed by atoms with Gasteiger partial charge in [-0.05, 0) is 31.2 Å². The van der Waals surface area contributed by atoms with E-state index in [0.29, 0.717) is 19.3 Å². The van der Waals surface area contributed by atoms with Gasteiger partial charge in [-0.2, -0.15) is 0 Å². The average molecular weight is 305 g/mol. The third kappa shape index (κ3) is 5.40. The molecule has 2 aromatic rings. The molecule has 0 fully saturated rings. The van der Waals surface area contributed by atoms with E-state index in [2.05, 4.69) is 31.3 Å². The van der Waals surface area contributed by atoms with Crippen LogP contribution in [0, 0.1) is 0 Å². The Hall–Kier alpha value is -1.52. The van der Waals surface area contributed by atoms with Crippen molar-refractivity contribution in [1.29, 1.82) is 0 Å². The van der Waals surface area contributed by atoms with Crippen LogP contribution in [-0.4, -0.2) is 12.6 Å². The van der Waals surface area contributed by atoms with Crippen LogP contribution in [0.5, 0.6) is 11.5 Å². The monoisotopic (exact) mass is 305 g/mol. The zero-order valence-corrected chi connectivity index (χ0v) is 13.7. The maximum Gasteiger partial charge on any atom is 0.123 e. The second-order valence-corrected chi connectivity index (χ2v) is 6.35. The van der Waals surface area contributed by atoms with Crippen LogP contribution in [0.25, 0.3) is 0 Å². The molecule has 1 N–H and O–H groups in total. The van der Waals surface area contributed by atoms with Crippen LogP contribution in [0.1, 0.15) is 30.5 Å². The Morgan fingerprint density at radius 2 is 1.76 bits per heavy atom. The summed E-state index contributed by atoms with van der Waals surface area (Å²) in [6.07, 6.45) is 0. The van der Waals surface area contributed by atoms with Gasteiger partial charge >= 0.3 is 0 Å². The molecular formula is C17H23NO2S. The fourth-order valence-electron chi connectivity index (χ4n) is 1.87. The largest absolute Gasteiger partial charge is 0.494 e. The topological polar surface area (TPSA) is 30.5 Å². The molecule has 1 aromatic carbocycles. The molecule has 2 rings (SSSR count). The minimum Gasteiger partial charge on any atom is -0.494 e. The Labute approximate surface area is 130 Å². The molecule has 1 aromatic heterocycles. The van der Waals surface area contributed by atoms with Gasteiger partial charge in [0.05, 0.1) is 6.61 Å². The quantitative estimate of drug-likeness (QED) is 0.792. The van der Waals surface area contributed by atoms with E-state index >= 15 is 0 Å². The molecule has 114 valence electrons. The van der Waals surface area contributed by atoms with Crippen LogP contribution in [-0.2, 0) is 13.2 Å². The van der Waals surface area contributed by atoms with Gasteiger partial charge in [0.1, 0.15) is 18.1 Å². The Morgan fingerprint density at radius 1 is 1.05 bits per heavy atom. The molecule has 0 aliphatic heterocycles. The predicted octanol–water partition coefficient (Wildman–Crippen LogP) is 4.22. The Morgan fingerprint density at radius 3 is 2.48 bits per heavy atom. The van der Waals surface area contributed by atoms with E-state index in [4.69, 9.17) is 9.47 Å². The number of thiophene rings is 1. The molecule has 0 unspecified atom stereocenters. The molecule has 21 heavy (non-hydrogen) atoms. The first-order valence-electron chi connectivity index (χ1n) is 7.34. The lowest BCUT2D eigenvalue weighted by Crippen LogP contribution is -2.21. The smallest absolute Gasteiger partial charge is 0.123 e. The molecule has 4 heteroatoms. The van der Waals surface area contributed by atoms with Gasteiger partial charge in [-0.1, -0.05) is 19.9 Å². The maximum absolute atomic E-state index is 5.83. The summed E-state index contributed by atoms with van der Waals surface area (Å²) in [5, 5.41) is 3.42. The van der Waals surface area contributed by atoms with E-state index in [0.717, 1.165) is 18.0 Å². The standard InChI is InChI=1S/C17H23NO2S/c1-4-19-14-6-5-7-15(10-14)20-12-17-9-8-16(21-17)11-18-13(2)3/h5-10,13,18H,4,11-12H2,1-3H3. The van der Waals surface area contributed by atoms with Crippen LogP contribution >= 0.6 is 11.3 Å². The van der Waals surface area contributed by atoms with Crippen molar-refractivity contribution in [2.24, 2.45) is 0 Å². The summed E-state index contributed by atoms with van der Waals surface area (Å²) < 4.78 is 11.3. The second kappa shape index (κ2) is 8.05.